The predicted octanol–water partition coefficient (Wildman–Crippen LogP) is 2.90. The van der Waals surface area contributed by atoms with Gasteiger partial charge >= 0.3 is 0 Å². The number of aromatic nitrogens is 4. The largest absolute Gasteiger partial charge is 0.411 e. The van der Waals surface area contributed by atoms with Gasteiger partial charge in [0, 0.05) is 30.7 Å². The highest BCUT2D eigenvalue weighted by atomic mass is 28.4. The van der Waals surface area contributed by atoms with E-state index in [2.05, 4.69) is 54.1 Å². The minimum Gasteiger partial charge on any atom is -0.411 e. The number of hydrogen-bond donors (Lipinski definition) is 1. The van der Waals surface area contributed by atoms with Gasteiger partial charge in [0.05, 0.1) is 12.3 Å². The van der Waals surface area contributed by atoms with E-state index in [4.69, 9.17) is 4.43 Å². The second-order valence-corrected chi connectivity index (χ2v) is 12.1. The summed E-state index contributed by atoms with van der Waals surface area (Å²) in [5, 5.41) is 3.27. The Balaban J connectivity index is 2.03. The number of nitrogens with one attached hydrogen (secondary N) is 1. The van der Waals surface area contributed by atoms with E-state index in [0.717, 1.165) is 17.8 Å². The lowest BCUT2D eigenvalue weighted by molar-refractivity contribution is 0.272. The first-order valence-electron chi connectivity index (χ1n) is 7.85. The molecule has 0 aromatic carbocycles. The summed E-state index contributed by atoms with van der Waals surface area (Å²) in [6.45, 7) is 12.5. The van der Waals surface area contributed by atoms with E-state index in [0.29, 0.717) is 12.6 Å². The minimum atomic E-state index is -1.76. The fourth-order valence-corrected chi connectivity index (χ4v) is 2.74. The van der Waals surface area contributed by atoms with Crippen LogP contribution < -0.4 is 5.32 Å². The lowest BCUT2D eigenvalue weighted by atomic mass is 10.2. The first-order chi connectivity index (χ1) is 10.7. The van der Waals surface area contributed by atoms with E-state index in [1.54, 1.807) is 6.33 Å². The van der Waals surface area contributed by atoms with Gasteiger partial charge in [-0.3, -0.25) is 4.57 Å². The molecular formula is C16H27N5OSi. The van der Waals surface area contributed by atoms with Crippen molar-refractivity contribution in [3.8, 4) is 5.95 Å². The second-order valence-electron chi connectivity index (χ2n) is 7.24. The highest BCUT2D eigenvalue weighted by Gasteiger charge is 2.37. The maximum absolute atomic E-state index is 6.19. The summed E-state index contributed by atoms with van der Waals surface area (Å²) in [5.41, 5.74) is 1.95. The molecule has 0 aliphatic heterocycles. The maximum atomic E-state index is 6.19. The summed E-state index contributed by atoms with van der Waals surface area (Å²) >= 11 is 0. The van der Waals surface area contributed by atoms with Crippen LogP contribution in [0, 0.1) is 0 Å². The Morgan fingerprint density at radius 2 is 1.83 bits per heavy atom. The van der Waals surface area contributed by atoms with Gasteiger partial charge in [0.15, 0.2) is 8.32 Å². The molecule has 0 unspecified atom stereocenters. The molecular weight excluding hydrogens is 306 g/mol. The average molecular weight is 334 g/mol. The van der Waals surface area contributed by atoms with Gasteiger partial charge in [-0.15, -0.1) is 0 Å². The summed E-state index contributed by atoms with van der Waals surface area (Å²) < 4.78 is 8.02. The minimum absolute atomic E-state index is 0.196. The zero-order valence-corrected chi connectivity index (χ0v) is 15.9. The van der Waals surface area contributed by atoms with Crippen molar-refractivity contribution in [1.82, 2.24) is 24.8 Å². The van der Waals surface area contributed by atoms with Crippen LogP contribution in [0.2, 0.25) is 18.1 Å². The lowest BCUT2D eigenvalue weighted by Crippen LogP contribution is -2.40. The van der Waals surface area contributed by atoms with E-state index < -0.39 is 8.32 Å². The Morgan fingerprint density at radius 1 is 1.17 bits per heavy atom. The van der Waals surface area contributed by atoms with E-state index >= 15 is 0 Å². The van der Waals surface area contributed by atoms with Crippen molar-refractivity contribution in [2.75, 3.05) is 7.05 Å². The fraction of sp³-hybridized carbons (Fsp3) is 0.562. The van der Waals surface area contributed by atoms with Gasteiger partial charge < -0.3 is 9.74 Å². The van der Waals surface area contributed by atoms with Crippen LogP contribution in [0.3, 0.4) is 0 Å². The summed E-state index contributed by atoms with van der Waals surface area (Å²) in [6, 6.07) is 0. The molecule has 0 saturated carbocycles. The molecule has 1 N–H and O–H groups in total. The summed E-state index contributed by atoms with van der Waals surface area (Å²) in [6.07, 6.45) is 7.31. The van der Waals surface area contributed by atoms with Gasteiger partial charge in [-0.25, -0.2) is 15.0 Å². The van der Waals surface area contributed by atoms with E-state index in [1.807, 2.05) is 30.2 Å². The molecule has 0 radical (unpaired) electrons. The second kappa shape index (κ2) is 6.90. The number of rotatable bonds is 6. The number of hydrogen-bond acceptors (Lipinski definition) is 5. The summed E-state index contributed by atoms with van der Waals surface area (Å²) in [5.74, 6) is 0.621. The van der Waals surface area contributed by atoms with E-state index in [9.17, 15) is 0 Å². The van der Waals surface area contributed by atoms with Crippen LogP contribution in [0.5, 0.6) is 0 Å². The third kappa shape index (κ3) is 4.46. The van der Waals surface area contributed by atoms with Crippen molar-refractivity contribution in [3.05, 3.63) is 36.2 Å². The van der Waals surface area contributed by atoms with Gasteiger partial charge in [-0.2, -0.15) is 0 Å². The highest BCUT2D eigenvalue weighted by Crippen LogP contribution is 2.36. The molecule has 23 heavy (non-hydrogen) atoms. The number of nitrogens with zero attached hydrogens (tertiary/aromatic N) is 4. The SMILES string of the molecule is CNCc1cnc(-n2cnc(CO[Si](C)(C)C(C)(C)C)c2)nc1. The summed E-state index contributed by atoms with van der Waals surface area (Å²) in [7, 11) is 0.139. The lowest BCUT2D eigenvalue weighted by Gasteiger charge is -2.35. The molecule has 0 aliphatic rings. The van der Waals surface area contributed by atoms with Crippen molar-refractivity contribution < 1.29 is 4.43 Å². The van der Waals surface area contributed by atoms with Crippen LogP contribution in [-0.4, -0.2) is 34.9 Å². The van der Waals surface area contributed by atoms with Gasteiger partial charge in [0.25, 0.3) is 0 Å². The molecule has 0 aliphatic carbocycles. The van der Waals surface area contributed by atoms with Crippen LogP contribution in [0.25, 0.3) is 5.95 Å². The Hall–Kier alpha value is -1.57. The van der Waals surface area contributed by atoms with Crippen molar-refractivity contribution in [2.45, 2.75) is 52.1 Å². The number of imidazole rings is 1. The maximum Gasteiger partial charge on any atom is 0.234 e. The molecule has 2 aromatic heterocycles. The third-order valence-electron chi connectivity index (χ3n) is 4.33. The molecule has 126 valence electrons. The fourth-order valence-electron chi connectivity index (χ4n) is 1.80. The van der Waals surface area contributed by atoms with Gasteiger partial charge in [-0.1, -0.05) is 20.8 Å². The monoisotopic (exact) mass is 333 g/mol. The van der Waals surface area contributed by atoms with Gasteiger partial charge in [0.1, 0.15) is 6.33 Å². The van der Waals surface area contributed by atoms with Gasteiger partial charge in [0.2, 0.25) is 5.95 Å². The van der Waals surface area contributed by atoms with Crippen LogP contribution in [0.1, 0.15) is 32.0 Å². The van der Waals surface area contributed by atoms with E-state index in [1.165, 1.54) is 0 Å². The zero-order valence-electron chi connectivity index (χ0n) is 14.9. The van der Waals surface area contributed by atoms with Crippen LogP contribution in [0.15, 0.2) is 24.9 Å². The van der Waals surface area contributed by atoms with Crippen molar-refractivity contribution >= 4 is 8.32 Å². The molecule has 7 heteroatoms. The molecule has 0 spiro atoms. The van der Waals surface area contributed by atoms with Crippen LogP contribution in [-0.2, 0) is 17.6 Å². The molecule has 6 nitrogen and oxygen atoms in total. The Kier molecular flexibility index (Phi) is 5.33. The quantitative estimate of drug-likeness (QED) is 0.824. The first-order valence-corrected chi connectivity index (χ1v) is 10.8. The third-order valence-corrected chi connectivity index (χ3v) is 8.81. The highest BCUT2D eigenvalue weighted by molar-refractivity contribution is 6.74. The first kappa shape index (κ1) is 17.8. The normalized spacial score (nSPS) is 12.6. The molecule has 0 amide bonds. The standard InChI is InChI=1S/C16H27N5OSi/c1-16(2,3)23(5,6)22-11-14-10-21(12-20-14)15-18-8-13(7-17-4)9-19-15/h8-10,12,17H,7,11H2,1-6H3. The van der Waals surface area contributed by atoms with Crippen LogP contribution in [0.4, 0.5) is 0 Å². The molecule has 2 aromatic rings. The average Bonchev–Trinajstić information content (AvgIpc) is 2.94. The van der Waals surface area contributed by atoms with Crippen LogP contribution >= 0.6 is 0 Å². The van der Waals surface area contributed by atoms with E-state index in [-0.39, 0.29) is 5.04 Å². The topological polar surface area (TPSA) is 64.9 Å². The smallest absolute Gasteiger partial charge is 0.234 e. The van der Waals surface area contributed by atoms with Gasteiger partial charge in [-0.05, 0) is 25.2 Å². The molecule has 0 saturated heterocycles. The molecule has 0 fully saturated rings. The van der Waals surface area contributed by atoms with Crippen molar-refractivity contribution in [1.29, 1.82) is 0 Å². The molecule has 0 atom stereocenters. The zero-order chi connectivity index (χ0) is 17.1. The molecule has 0 bridgehead atoms. The summed E-state index contributed by atoms with van der Waals surface area (Å²) in [4.78, 5) is 13.1. The Bertz CT molecular complexity index is 631. The Labute approximate surface area is 139 Å². The van der Waals surface area contributed by atoms with Crippen molar-refractivity contribution in [2.24, 2.45) is 0 Å². The predicted molar refractivity (Wildman–Crippen MR) is 93.9 cm³/mol. The molecule has 2 rings (SSSR count). The Morgan fingerprint density at radius 3 is 2.39 bits per heavy atom. The molecule has 2 heterocycles. The van der Waals surface area contributed by atoms with Crippen molar-refractivity contribution in [3.63, 3.8) is 0 Å².